The number of ether oxygens (including phenoxy) is 1. The van der Waals surface area contributed by atoms with Crippen LogP contribution in [0.2, 0.25) is 0 Å². The van der Waals surface area contributed by atoms with Crippen molar-refractivity contribution in [1.29, 1.82) is 0 Å². The second kappa shape index (κ2) is 5.45. The first-order valence-electron chi connectivity index (χ1n) is 4.79. The van der Waals surface area contributed by atoms with Gasteiger partial charge in [0.05, 0.1) is 15.5 Å². The van der Waals surface area contributed by atoms with Gasteiger partial charge in [0.1, 0.15) is 0 Å². The number of halogens is 2. The van der Waals surface area contributed by atoms with Crippen molar-refractivity contribution < 1.29 is 9.66 Å². The van der Waals surface area contributed by atoms with E-state index in [0.717, 1.165) is 4.47 Å². The van der Waals surface area contributed by atoms with Gasteiger partial charge < -0.3 is 4.74 Å². The van der Waals surface area contributed by atoms with Crippen molar-refractivity contribution >= 4 is 37.5 Å². The van der Waals surface area contributed by atoms with Crippen LogP contribution in [0.1, 0.15) is 0 Å². The lowest BCUT2D eigenvalue weighted by Gasteiger charge is -2.06. The first kappa shape index (κ1) is 13.0. The Labute approximate surface area is 119 Å². The van der Waals surface area contributed by atoms with Gasteiger partial charge in [-0.2, -0.15) is 0 Å². The summed E-state index contributed by atoms with van der Waals surface area (Å²) in [7, 11) is 0. The normalized spacial score (nSPS) is 10.1. The average Bonchev–Trinajstić information content (AvgIpc) is 2.34. The van der Waals surface area contributed by atoms with Crippen molar-refractivity contribution in [3.8, 4) is 11.6 Å². The largest absolute Gasteiger partial charge is 0.438 e. The van der Waals surface area contributed by atoms with Gasteiger partial charge in [0.25, 0.3) is 5.69 Å². The fraction of sp³-hybridized carbons (Fsp3) is 0. The van der Waals surface area contributed by atoms with Crippen LogP contribution in [0.4, 0.5) is 5.69 Å². The van der Waals surface area contributed by atoms with Gasteiger partial charge in [0.15, 0.2) is 5.75 Å². The second-order valence-corrected chi connectivity index (χ2v) is 5.06. The topological polar surface area (TPSA) is 65.3 Å². The van der Waals surface area contributed by atoms with Gasteiger partial charge >= 0.3 is 0 Å². The van der Waals surface area contributed by atoms with Gasteiger partial charge in [-0.3, -0.25) is 10.1 Å². The molecule has 2 rings (SSSR count). The van der Waals surface area contributed by atoms with Gasteiger partial charge in [-0.15, -0.1) is 0 Å². The summed E-state index contributed by atoms with van der Waals surface area (Å²) < 4.78 is 6.92. The molecule has 0 aliphatic heterocycles. The molecule has 0 aliphatic carbocycles. The Hall–Kier alpha value is -1.47. The highest BCUT2D eigenvalue weighted by atomic mass is 79.9. The zero-order valence-corrected chi connectivity index (χ0v) is 12.0. The Bertz CT molecular complexity index is 587. The molecular weight excluding hydrogens is 368 g/mol. The zero-order chi connectivity index (χ0) is 13.1. The highest BCUT2D eigenvalue weighted by molar-refractivity contribution is 9.10. The van der Waals surface area contributed by atoms with E-state index in [1.165, 1.54) is 12.1 Å². The van der Waals surface area contributed by atoms with Crippen molar-refractivity contribution in [1.82, 2.24) is 4.98 Å². The van der Waals surface area contributed by atoms with E-state index in [2.05, 4.69) is 36.8 Å². The fourth-order valence-corrected chi connectivity index (χ4v) is 1.78. The maximum Gasteiger partial charge on any atom is 0.273 e. The summed E-state index contributed by atoms with van der Waals surface area (Å²) in [6, 6.07) is 7.73. The first-order chi connectivity index (χ1) is 8.56. The van der Waals surface area contributed by atoms with Crippen molar-refractivity contribution in [2.75, 3.05) is 0 Å². The molecule has 0 bridgehead atoms. The minimum Gasteiger partial charge on any atom is -0.438 e. The molecule has 0 fully saturated rings. The molecule has 0 spiro atoms. The molecule has 0 saturated heterocycles. The number of nitro groups is 1. The predicted molar refractivity (Wildman–Crippen MR) is 72.8 cm³/mol. The van der Waals surface area contributed by atoms with E-state index in [1.54, 1.807) is 24.4 Å². The summed E-state index contributed by atoms with van der Waals surface area (Å²) >= 11 is 6.53. The zero-order valence-electron chi connectivity index (χ0n) is 8.84. The monoisotopic (exact) mass is 372 g/mol. The van der Waals surface area contributed by atoms with E-state index in [9.17, 15) is 10.1 Å². The molecule has 0 amide bonds. The molecule has 0 atom stereocenters. The molecule has 1 aromatic carbocycles. The van der Waals surface area contributed by atoms with Gasteiger partial charge in [-0.1, -0.05) is 0 Å². The number of pyridine rings is 1. The van der Waals surface area contributed by atoms with Crippen molar-refractivity contribution in [3.63, 3.8) is 0 Å². The van der Waals surface area contributed by atoms with E-state index in [1.807, 2.05) is 0 Å². The van der Waals surface area contributed by atoms with Crippen LogP contribution in [0.5, 0.6) is 11.6 Å². The second-order valence-electron chi connectivity index (χ2n) is 3.29. The SMILES string of the molecule is O=[N+]([O-])c1ccc(Br)c(Oc2ccc(Br)cn2)c1. The molecular formula is C11H6Br2N2O3. The van der Waals surface area contributed by atoms with Crippen molar-refractivity contribution in [2.24, 2.45) is 0 Å². The summed E-state index contributed by atoms with van der Waals surface area (Å²) in [6.07, 6.45) is 1.58. The van der Waals surface area contributed by atoms with Crippen molar-refractivity contribution in [3.05, 3.63) is 55.6 Å². The first-order valence-corrected chi connectivity index (χ1v) is 6.38. The van der Waals surface area contributed by atoms with E-state index in [-0.39, 0.29) is 5.69 Å². The van der Waals surface area contributed by atoms with Crippen LogP contribution in [0.25, 0.3) is 0 Å². The highest BCUT2D eigenvalue weighted by Crippen LogP contribution is 2.32. The summed E-state index contributed by atoms with van der Waals surface area (Å²) in [5.74, 6) is 0.707. The molecule has 1 aromatic heterocycles. The smallest absolute Gasteiger partial charge is 0.273 e. The Morgan fingerprint density at radius 2 is 2.00 bits per heavy atom. The van der Waals surface area contributed by atoms with E-state index in [0.29, 0.717) is 16.1 Å². The molecule has 0 N–H and O–H groups in total. The fourth-order valence-electron chi connectivity index (χ4n) is 1.22. The van der Waals surface area contributed by atoms with Crippen LogP contribution >= 0.6 is 31.9 Å². The lowest BCUT2D eigenvalue weighted by molar-refractivity contribution is -0.384. The number of hydrogen-bond donors (Lipinski definition) is 0. The molecule has 2 aromatic rings. The van der Waals surface area contributed by atoms with Gasteiger partial charge in [-0.05, 0) is 44.0 Å². The molecule has 0 aliphatic rings. The predicted octanol–water partition coefficient (Wildman–Crippen LogP) is 4.31. The number of aromatic nitrogens is 1. The number of rotatable bonds is 3. The third-order valence-electron chi connectivity index (χ3n) is 2.04. The van der Waals surface area contributed by atoms with Gasteiger partial charge in [0, 0.05) is 22.8 Å². The lowest BCUT2D eigenvalue weighted by atomic mass is 10.3. The minimum absolute atomic E-state index is 0.0367. The van der Waals surface area contributed by atoms with Gasteiger partial charge in [0.2, 0.25) is 5.88 Å². The number of nitrogens with zero attached hydrogens (tertiary/aromatic N) is 2. The quantitative estimate of drug-likeness (QED) is 0.594. The number of hydrogen-bond acceptors (Lipinski definition) is 4. The number of non-ortho nitro benzene ring substituents is 1. The third-order valence-corrected chi connectivity index (χ3v) is 3.16. The number of benzene rings is 1. The van der Waals surface area contributed by atoms with Crippen molar-refractivity contribution in [2.45, 2.75) is 0 Å². The molecule has 1 heterocycles. The molecule has 7 heteroatoms. The van der Waals surface area contributed by atoms with Crippen LogP contribution in [-0.2, 0) is 0 Å². The summed E-state index contributed by atoms with van der Waals surface area (Å²) in [4.78, 5) is 14.2. The van der Waals surface area contributed by atoms with E-state index in [4.69, 9.17) is 4.74 Å². The van der Waals surface area contributed by atoms with Crippen LogP contribution in [0.3, 0.4) is 0 Å². The molecule has 0 unspecified atom stereocenters. The molecule has 18 heavy (non-hydrogen) atoms. The summed E-state index contributed by atoms with van der Waals surface area (Å²) in [6.45, 7) is 0. The molecule has 0 radical (unpaired) electrons. The van der Waals surface area contributed by atoms with Crippen LogP contribution < -0.4 is 4.74 Å². The maximum absolute atomic E-state index is 10.7. The maximum atomic E-state index is 10.7. The third kappa shape index (κ3) is 3.05. The minimum atomic E-state index is -0.478. The Balaban J connectivity index is 2.30. The Morgan fingerprint density at radius 3 is 2.61 bits per heavy atom. The van der Waals surface area contributed by atoms with E-state index >= 15 is 0 Å². The van der Waals surface area contributed by atoms with E-state index < -0.39 is 4.92 Å². The summed E-state index contributed by atoms with van der Waals surface area (Å²) in [5.41, 5.74) is -0.0367. The average molecular weight is 374 g/mol. The van der Waals surface area contributed by atoms with Crippen LogP contribution in [-0.4, -0.2) is 9.91 Å². The van der Waals surface area contributed by atoms with Crippen LogP contribution in [0, 0.1) is 10.1 Å². The highest BCUT2D eigenvalue weighted by Gasteiger charge is 2.11. The van der Waals surface area contributed by atoms with Gasteiger partial charge in [-0.25, -0.2) is 4.98 Å². The lowest BCUT2D eigenvalue weighted by Crippen LogP contribution is -1.92. The molecule has 0 saturated carbocycles. The Kier molecular flexibility index (Phi) is 3.93. The summed E-state index contributed by atoms with van der Waals surface area (Å²) in [5, 5.41) is 10.7. The standard InChI is InChI=1S/C11H6Br2N2O3/c12-7-1-4-11(14-6-7)18-10-5-8(15(16)17)2-3-9(10)13/h1-6H. The molecule has 92 valence electrons. The number of nitro benzene ring substituents is 1. The molecule has 5 nitrogen and oxygen atoms in total. The Morgan fingerprint density at radius 1 is 1.22 bits per heavy atom. The van der Waals surface area contributed by atoms with Crippen LogP contribution in [0.15, 0.2) is 45.5 Å².